The quantitative estimate of drug-likeness (QED) is 0.908. The highest BCUT2D eigenvalue weighted by molar-refractivity contribution is 5.80. The molecule has 25 heavy (non-hydrogen) atoms. The molecule has 136 valence electrons. The fourth-order valence-electron chi connectivity index (χ4n) is 3.46. The van der Waals surface area contributed by atoms with Gasteiger partial charge in [-0.25, -0.2) is 4.79 Å². The summed E-state index contributed by atoms with van der Waals surface area (Å²) in [6.45, 7) is 6.51. The number of nitrogens with one attached hydrogen (secondary N) is 1. The molecule has 2 fully saturated rings. The molecule has 0 bridgehead atoms. The van der Waals surface area contributed by atoms with E-state index in [1.807, 2.05) is 41.0 Å². The van der Waals surface area contributed by atoms with E-state index in [4.69, 9.17) is 4.74 Å². The van der Waals surface area contributed by atoms with Crippen LogP contribution in [0, 0.1) is 12.8 Å². The van der Waals surface area contributed by atoms with Gasteiger partial charge in [0.25, 0.3) is 0 Å². The molecule has 2 heterocycles. The summed E-state index contributed by atoms with van der Waals surface area (Å²) in [7, 11) is 0. The number of benzene rings is 1. The molecule has 0 radical (unpaired) electrons. The maximum atomic E-state index is 12.5. The van der Waals surface area contributed by atoms with Crippen LogP contribution in [0.15, 0.2) is 24.3 Å². The van der Waals surface area contributed by atoms with Crippen molar-refractivity contribution in [1.82, 2.24) is 15.1 Å². The van der Waals surface area contributed by atoms with Gasteiger partial charge in [-0.05, 0) is 30.9 Å². The fourth-order valence-corrected chi connectivity index (χ4v) is 3.46. The van der Waals surface area contributed by atoms with Crippen LogP contribution in [-0.2, 0) is 16.1 Å². The van der Waals surface area contributed by atoms with Crippen LogP contribution in [0.25, 0.3) is 0 Å². The van der Waals surface area contributed by atoms with Gasteiger partial charge in [-0.3, -0.25) is 4.79 Å². The minimum atomic E-state index is -0.0412. The lowest BCUT2D eigenvalue weighted by molar-refractivity contribution is -0.141. The number of aryl methyl sites for hydroxylation is 1. The summed E-state index contributed by atoms with van der Waals surface area (Å²) in [6.07, 6.45) is 1.49. The normalized spacial score (nSPS) is 18.9. The van der Waals surface area contributed by atoms with Crippen LogP contribution in [0.4, 0.5) is 4.79 Å². The Morgan fingerprint density at radius 2 is 1.76 bits per heavy atom. The number of rotatable bonds is 3. The van der Waals surface area contributed by atoms with Crippen LogP contribution >= 0.6 is 0 Å². The number of hydrogen-bond donors (Lipinski definition) is 1. The molecule has 2 aliphatic heterocycles. The van der Waals surface area contributed by atoms with Gasteiger partial charge in [0.2, 0.25) is 5.91 Å². The predicted octanol–water partition coefficient (Wildman–Crippen LogP) is 1.78. The molecule has 1 aromatic rings. The average Bonchev–Trinajstić information content (AvgIpc) is 2.67. The van der Waals surface area contributed by atoms with E-state index in [0.717, 1.165) is 18.4 Å². The zero-order valence-corrected chi connectivity index (χ0v) is 14.9. The van der Waals surface area contributed by atoms with Gasteiger partial charge in [0, 0.05) is 38.6 Å². The lowest BCUT2D eigenvalue weighted by Gasteiger charge is -2.35. The minimum Gasteiger partial charge on any atom is -0.378 e. The summed E-state index contributed by atoms with van der Waals surface area (Å²) in [4.78, 5) is 28.6. The number of ether oxygens (including phenoxy) is 1. The van der Waals surface area contributed by atoms with E-state index in [-0.39, 0.29) is 17.9 Å². The molecule has 2 saturated heterocycles. The average molecular weight is 345 g/mol. The zero-order valence-electron chi connectivity index (χ0n) is 14.9. The Labute approximate surface area is 149 Å². The lowest BCUT2D eigenvalue weighted by atomic mass is 9.95. The van der Waals surface area contributed by atoms with Crippen molar-refractivity contribution in [1.29, 1.82) is 0 Å². The maximum Gasteiger partial charge on any atom is 0.317 e. The van der Waals surface area contributed by atoms with Gasteiger partial charge in [-0.1, -0.05) is 24.3 Å². The largest absolute Gasteiger partial charge is 0.378 e. The number of urea groups is 1. The zero-order chi connectivity index (χ0) is 17.6. The smallest absolute Gasteiger partial charge is 0.317 e. The summed E-state index contributed by atoms with van der Waals surface area (Å²) in [6, 6.07) is 8.02. The van der Waals surface area contributed by atoms with Crippen LogP contribution in [0.1, 0.15) is 24.0 Å². The van der Waals surface area contributed by atoms with Crippen molar-refractivity contribution in [2.45, 2.75) is 26.3 Å². The Balaban J connectivity index is 1.44. The van der Waals surface area contributed by atoms with Gasteiger partial charge >= 0.3 is 6.03 Å². The minimum absolute atomic E-state index is 0.0403. The first kappa shape index (κ1) is 17.7. The Morgan fingerprint density at radius 3 is 2.44 bits per heavy atom. The molecule has 6 nitrogen and oxygen atoms in total. The number of carbonyl (C=O) groups is 2. The standard InChI is InChI=1S/C19H27N3O3/c1-15-4-2-3-5-17(15)14-20-19(24)22-8-6-16(7-9-22)18(23)21-10-12-25-13-11-21/h2-5,16H,6-14H2,1H3,(H,20,24). The molecule has 0 saturated carbocycles. The maximum absolute atomic E-state index is 12.5. The highest BCUT2D eigenvalue weighted by Crippen LogP contribution is 2.20. The Hall–Kier alpha value is -2.08. The van der Waals surface area contributed by atoms with Gasteiger partial charge in [-0.2, -0.15) is 0 Å². The van der Waals surface area contributed by atoms with Crippen molar-refractivity contribution in [2.24, 2.45) is 5.92 Å². The number of likely N-dealkylation sites (tertiary alicyclic amines) is 1. The van der Waals surface area contributed by atoms with Crippen LogP contribution < -0.4 is 5.32 Å². The molecule has 1 N–H and O–H groups in total. The van der Waals surface area contributed by atoms with Crippen molar-refractivity contribution in [2.75, 3.05) is 39.4 Å². The number of nitrogens with zero attached hydrogens (tertiary/aromatic N) is 2. The third-order valence-corrected chi connectivity index (χ3v) is 5.15. The molecule has 0 aliphatic carbocycles. The van der Waals surface area contributed by atoms with Crippen molar-refractivity contribution in [3.8, 4) is 0 Å². The second kappa shape index (κ2) is 8.34. The van der Waals surface area contributed by atoms with E-state index in [1.165, 1.54) is 5.56 Å². The molecule has 3 rings (SSSR count). The van der Waals surface area contributed by atoms with Gasteiger partial charge in [0.05, 0.1) is 13.2 Å². The number of hydrogen-bond acceptors (Lipinski definition) is 3. The van der Waals surface area contributed by atoms with Crippen molar-refractivity contribution in [3.05, 3.63) is 35.4 Å². The number of morpholine rings is 1. The topological polar surface area (TPSA) is 61.9 Å². The summed E-state index contributed by atoms with van der Waals surface area (Å²) in [5, 5.41) is 2.99. The molecule has 1 aromatic carbocycles. The summed E-state index contributed by atoms with van der Waals surface area (Å²) in [5.74, 6) is 0.266. The van der Waals surface area contributed by atoms with Crippen LogP contribution in [0.3, 0.4) is 0 Å². The van der Waals surface area contributed by atoms with E-state index in [9.17, 15) is 9.59 Å². The summed E-state index contributed by atoms with van der Waals surface area (Å²) in [5.41, 5.74) is 2.31. The monoisotopic (exact) mass is 345 g/mol. The molecular formula is C19H27N3O3. The van der Waals surface area contributed by atoms with E-state index in [2.05, 4.69) is 5.32 Å². The van der Waals surface area contributed by atoms with Gasteiger partial charge in [0.15, 0.2) is 0 Å². The van der Waals surface area contributed by atoms with Crippen molar-refractivity contribution < 1.29 is 14.3 Å². The Bertz CT molecular complexity index is 606. The first-order chi connectivity index (χ1) is 12.1. The van der Waals surface area contributed by atoms with Crippen LogP contribution in [0.2, 0.25) is 0 Å². The van der Waals surface area contributed by atoms with Crippen molar-refractivity contribution >= 4 is 11.9 Å². The third kappa shape index (κ3) is 4.51. The summed E-state index contributed by atoms with van der Waals surface area (Å²) < 4.78 is 5.30. The first-order valence-electron chi connectivity index (χ1n) is 9.09. The number of amides is 3. The molecule has 0 unspecified atom stereocenters. The Morgan fingerprint density at radius 1 is 1.08 bits per heavy atom. The fraction of sp³-hybridized carbons (Fsp3) is 0.579. The molecule has 0 aromatic heterocycles. The number of carbonyl (C=O) groups excluding carboxylic acids is 2. The van der Waals surface area contributed by atoms with E-state index < -0.39 is 0 Å². The van der Waals surface area contributed by atoms with E-state index in [1.54, 1.807) is 0 Å². The predicted molar refractivity (Wildman–Crippen MR) is 95.1 cm³/mol. The Kier molecular flexibility index (Phi) is 5.91. The molecule has 6 heteroatoms. The lowest BCUT2D eigenvalue weighted by Crippen LogP contribution is -2.49. The molecule has 3 amide bonds. The third-order valence-electron chi connectivity index (χ3n) is 5.15. The highest BCUT2D eigenvalue weighted by atomic mass is 16.5. The van der Waals surface area contributed by atoms with Crippen molar-refractivity contribution in [3.63, 3.8) is 0 Å². The highest BCUT2D eigenvalue weighted by Gasteiger charge is 2.30. The second-order valence-corrected chi connectivity index (χ2v) is 6.78. The van der Waals surface area contributed by atoms with E-state index in [0.29, 0.717) is 45.9 Å². The molecule has 2 aliphatic rings. The molecular weight excluding hydrogens is 318 g/mol. The first-order valence-corrected chi connectivity index (χ1v) is 9.09. The molecule has 0 atom stereocenters. The van der Waals surface area contributed by atoms with Gasteiger partial charge in [-0.15, -0.1) is 0 Å². The second-order valence-electron chi connectivity index (χ2n) is 6.78. The number of piperidine rings is 1. The SMILES string of the molecule is Cc1ccccc1CNC(=O)N1CCC(C(=O)N2CCOCC2)CC1. The van der Waals surface area contributed by atoms with Crippen LogP contribution in [-0.4, -0.2) is 61.1 Å². The molecule has 0 spiro atoms. The summed E-state index contributed by atoms with van der Waals surface area (Å²) >= 11 is 0. The van der Waals surface area contributed by atoms with Gasteiger partial charge in [0.1, 0.15) is 0 Å². The van der Waals surface area contributed by atoms with Gasteiger partial charge < -0.3 is 19.9 Å². The van der Waals surface area contributed by atoms with Crippen LogP contribution in [0.5, 0.6) is 0 Å². The van der Waals surface area contributed by atoms with E-state index >= 15 is 0 Å².